The van der Waals surface area contributed by atoms with E-state index in [-0.39, 0.29) is 23.8 Å². The van der Waals surface area contributed by atoms with E-state index in [9.17, 15) is 27.1 Å². The fourth-order valence-electron chi connectivity index (χ4n) is 3.45. The molecule has 3 rings (SSSR count). The first-order valence-electron chi connectivity index (χ1n) is 10.4. The molecule has 0 aliphatic carbocycles. The van der Waals surface area contributed by atoms with Crippen molar-refractivity contribution in [2.45, 2.75) is 45.6 Å². The zero-order valence-corrected chi connectivity index (χ0v) is 18.0. The van der Waals surface area contributed by atoms with Gasteiger partial charge < -0.3 is 4.74 Å². The van der Waals surface area contributed by atoms with Gasteiger partial charge in [-0.05, 0) is 42.5 Å². The molecule has 0 saturated carbocycles. The minimum Gasteiger partial charge on any atom is -0.429 e. The summed E-state index contributed by atoms with van der Waals surface area (Å²) in [6.07, 6.45) is -2.45. The summed E-state index contributed by atoms with van der Waals surface area (Å²) in [7, 11) is 0. The van der Waals surface area contributed by atoms with Crippen molar-refractivity contribution in [1.29, 1.82) is 0 Å². The van der Waals surface area contributed by atoms with Crippen LogP contribution in [0.4, 0.5) is 26.3 Å². The van der Waals surface area contributed by atoms with Gasteiger partial charge in [0.15, 0.2) is 23.2 Å². The van der Waals surface area contributed by atoms with Gasteiger partial charge in [0, 0.05) is 11.6 Å². The third-order valence-corrected chi connectivity index (χ3v) is 5.28. The lowest BCUT2D eigenvalue weighted by molar-refractivity contribution is -0.189. The molecule has 1 radical (unpaired) electrons. The van der Waals surface area contributed by atoms with Gasteiger partial charge in [-0.15, -0.1) is 0 Å². The number of aryl methyl sites for hydroxylation is 2. The zero-order chi connectivity index (χ0) is 24.3. The monoisotopic (exact) mass is 467 g/mol. The predicted molar refractivity (Wildman–Crippen MR) is 111 cm³/mol. The average molecular weight is 467 g/mol. The Labute approximate surface area is 187 Å². The maximum absolute atomic E-state index is 15.1. The van der Waals surface area contributed by atoms with Crippen LogP contribution in [0.2, 0.25) is 0 Å². The van der Waals surface area contributed by atoms with E-state index in [1.165, 1.54) is 24.3 Å². The van der Waals surface area contributed by atoms with Crippen LogP contribution in [0.3, 0.4) is 0 Å². The Hall–Kier alpha value is -3.16. The topological polar surface area (TPSA) is 29.1 Å². The van der Waals surface area contributed by atoms with Gasteiger partial charge in [-0.3, -0.25) is 5.11 Å². The Bertz CT molecular complexity index is 1140. The first-order valence-corrected chi connectivity index (χ1v) is 10.4. The first-order chi connectivity index (χ1) is 15.6. The highest BCUT2D eigenvalue weighted by atomic mass is 19.3. The molecule has 0 N–H and O–H groups in total. The maximum atomic E-state index is 15.1. The molecule has 3 aromatic carbocycles. The Morgan fingerprint density at radius 2 is 1.55 bits per heavy atom. The summed E-state index contributed by atoms with van der Waals surface area (Å²) in [5, 5.41) is 12.2. The Morgan fingerprint density at radius 1 is 0.879 bits per heavy atom. The molecule has 0 aromatic heterocycles. The van der Waals surface area contributed by atoms with Crippen molar-refractivity contribution in [3.8, 4) is 22.6 Å². The van der Waals surface area contributed by atoms with Gasteiger partial charge in [0.25, 0.3) is 0 Å². The summed E-state index contributed by atoms with van der Waals surface area (Å²) in [4.78, 5) is 0. The molecule has 175 valence electrons. The number of rotatable bonds is 8. The van der Waals surface area contributed by atoms with Gasteiger partial charge in [0.2, 0.25) is 0 Å². The summed E-state index contributed by atoms with van der Waals surface area (Å²) in [5.41, 5.74) is -3.13. The minimum absolute atomic E-state index is 0.00233. The molecule has 0 bridgehead atoms. The van der Waals surface area contributed by atoms with E-state index >= 15 is 4.39 Å². The van der Waals surface area contributed by atoms with Crippen LogP contribution >= 0.6 is 0 Å². The lowest BCUT2D eigenvalue weighted by Crippen LogP contribution is -2.25. The van der Waals surface area contributed by atoms with Crippen LogP contribution in [0, 0.1) is 23.3 Å². The van der Waals surface area contributed by atoms with Crippen LogP contribution in [0.15, 0.2) is 42.5 Å². The average Bonchev–Trinajstić information content (AvgIpc) is 2.75. The largest absolute Gasteiger partial charge is 0.432 e. The summed E-state index contributed by atoms with van der Waals surface area (Å²) in [6, 6.07) is 7.59. The van der Waals surface area contributed by atoms with Crippen molar-refractivity contribution in [2.75, 3.05) is 0 Å². The van der Waals surface area contributed by atoms with Crippen LogP contribution < -0.4 is 4.74 Å². The van der Waals surface area contributed by atoms with E-state index in [2.05, 4.69) is 4.74 Å². The fourth-order valence-corrected chi connectivity index (χ4v) is 3.45. The van der Waals surface area contributed by atoms with E-state index in [4.69, 9.17) is 0 Å². The van der Waals surface area contributed by atoms with Crippen molar-refractivity contribution in [3.63, 3.8) is 0 Å². The molecule has 0 heterocycles. The van der Waals surface area contributed by atoms with Crippen molar-refractivity contribution in [1.82, 2.24) is 0 Å². The quantitative estimate of drug-likeness (QED) is 0.308. The van der Waals surface area contributed by atoms with Gasteiger partial charge in [0.05, 0.1) is 5.56 Å². The summed E-state index contributed by atoms with van der Waals surface area (Å²) < 4.78 is 92.7. The molecule has 0 saturated heterocycles. The second kappa shape index (κ2) is 9.77. The zero-order valence-electron chi connectivity index (χ0n) is 18.0. The number of benzene rings is 3. The highest BCUT2D eigenvalue weighted by Crippen LogP contribution is 2.43. The van der Waals surface area contributed by atoms with E-state index in [1.54, 1.807) is 0 Å². The van der Waals surface area contributed by atoms with E-state index in [1.807, 2.05) is 13.8 Å². The van der Waals surface area contributed by atoms with Crippen LogP contribution in [0.5, 0.6) is 11.5 Å². The van der Waals surface area contributed by atoms with E-state index in [0.29, 0.717) is 19.3 Å². The van der Waals surface area contributed by atoms with E-state index in [0.717, 1.165) is 17.7 Å². The van der Waals surface area contributed by atoms with E-state index < -0.39 is 51.8 Å². The number of halogens is 6. The molecule has 0 atom stereocenters. The second-order valence-corrected chi connectivity index (χ2v) is 7.54. The highest BCUT2D eigenvalue weighted by molar-refractivity contribution is 5.73. The summed E-state index contributed by atoms with van der Waals surface area (Å²) in [5.74, 6) is -8.55. The molecule has 0 fully saturated rings. The normalized spacial score (nSPS) is 11.6. The molecule has 0 unspecified atom stereocenters. The minimum atomic E-state index is -4.54. The molecule has 0 aliphatic heterocycles. The van der Waals surface area contributed by atoms with Crippen molar-refractivity contribution in [3.05, 3.63) is 82.4 Å². The number of ether oxygens (including phenoxy) is 1. The number of hydrogen-bond donors (Lipinski definition) is 0. The van der Waals surface area contributed by atoms with Crippen LogP contribution in [0.25, 0.3) is 11.1 Å². The van der Waals surface area contributed by atoms with Crippen LogP contribution in [-0.4, -0.2) is 0 Å². The Balaban J connectivity index is 2.08. The van der Waals surface area contributed by atoms with Crippen LogP contribution in [0.1, 0.15) is 43.4 Å². The molecule has 0 aliphatic rings. The molecule has 33 heavy (non-hydrogen) atoms. The SMILES string of the molecule is CCCCc1ccc(-c2c([O])cc(F)c(C(F)(F)Oc3ccc(CC)cc3)c2F)c(F)c1F. The fraction of sp³-hybridized carbons (Fsp3) is 0.280. The number of hydrogen-bond acceptors (Lipinski definition) is 1. The lowest BCUT2D eigenvalue weighted by atomic mass is 9.96. The molecule has 0 spiro atoms. The van der Waals surface area contributed by atoms with Crippen LogP contribution in [-0.2, 0) is 24.1 Å². The molecular weight excluding hydrogens is 446 g/mol. The third-order valence-electron chi connectivity index (χ3n) is 5.28. The first kappa shape index (κ1) is 24.5. The standard InChI is InChI=1S/C25H21F6O2/c1-3-5-6-15-9-12-17(23(28)22(15)27)20-19(32)13-18(26)21(24(20)29)25(30,31)33-16-10-7-14(4-2)8-11-16/h7-13H,3-6H2,1-2H3. The maximum Gasteiger partial charge on any atom is 0.432 e. The molecule has 3 aromatic rings. The van der Waals surface area contributed by atoms with Crippen molar-refractivity contribution < 1.29 is 36.2 Å². The number of alkyl halides is 2. The van der Waals surface area contributed by atoms with Gasteiger partial charge in [-0.25, -0.2) is 17.6 Å². The second-order valence-electron chi connectivity index (χ2n) is 7.54. The predicted octanol–water partition coefficient (Wildman–Crippen LogP) is 8.09. The molecular formula is C25H21F6O2. The van der Waals surface area contributed by atoms with Crippen molar-refractivity contribution >= 4 is 0 Å². The molecule has 0 amide bonds. The lowest BCUT2D eigenvalue weighted by Gasteiger charge is -2.21. The third kappa shape index (κ3) is 4.94. The Kier molecular flexibility index (Phi) is 7.25. The smallest absolute Gasteiger partial charge is 0.429 e. The Morgan fingerprint density at radius 3 is 2.15 bits per heavy atom. The van der Waals surface area contributed by atoms with Gasteiger partial charge in [0.1, 0.15) is 17.1 Å². The number of unbranched alkanes of at least 4 members (excludes halogenated alkanes) is 1. The summed E-state index contributed by atoms with van der Waals surface area (Å²) in [6.45, 7) is 3.70. The van der Waals surface area contributed by atoms with Gasteiger partial charge >= 0.3 is 6.11 Å². The summed E-state index contributed by atoms with van der Waals surface area (Å²) >= 11 is 0. The molecule has 8 heteroatoms. The van der Waals surface area contributed by atoms with Crippen molar-refractivity contribution in [2.24, 2.45) is 0 Å². The molecule has 2 nitrogen and oxygen atoms in total. The van der Waals surface area contributed by atoms with Gasteiger partial charge in [-0.2, -0.15) is 8.78 Å². The van der Waals surface area contributed by atoms with Gasteiger partial charge in [-0.1, -0.05) is 44.5 Å². The highest BCUT2D eigenvalue weighted by Gasteiger charge is 2.43.